The molecule has 1 heterocycles. The minimum atomic E-state index is -1.10. The van der Waals surface area contributed by atoms with Crippen molar-refractivity contribution in [3.63, 3.8) is 0 Å². The van der Waals surface area contributed by atoms with E-state index in [-0.39, 0.29) is 29.7 Å². The topological polar surface area (TPSA) is 109 Å². The van der Waals surface area contributed by atoms with Crippen LogP contribution in [0, 0.1) is 11.3 Å². The van der Waals surface area contributed by atoms with E-state index >= 15 is 0 Å². The van der Waals surface area contributed by atoms with Gasteiger partial charge < -0.3 is 14.4 Å². The highest BCUT2D eigenvalue weighted by Gasteiger charge is 2.24. The van der Waals surface area contributed by atoms with Crippen LogP contribution in [0.4, 0.5) is 4.39 Å². The highest BCUT2D eigenvalue weighted by atomic mass is 35.5. The molecule has 7 nitrogen and oxygen atoms in total. The summed E-state index contributed by atoms with van der Waals surface area (Å²) in [6.07, 6.45) is 0.981. The standard InChI is InChI=1S/C25H20ClFN2O5/c1-34-23-14-29(24(31)12-20(23)19-11-18(26)7-6-17(19)13-28)21(8-9-27)22(30)10-15-2-4-16(5-3-15)25(32)33/h2-7,11-12,14,21H,8-10H2,1H3,(H,32,33). The Bertz CT molecular complexity index is 1330. The van der Waals surface area contributed by atoms with E-state index in [0.717, 1.165) is 4.57 Å². The normalized spacial score (nSPS) is 11.5. The van der Waals surface area contributed by atoms with Crippen molar-refractivity contribution >= 4 is 23.4 Å². The number of pyridine rings is 1. The number of aromatic carboxylic acids is 1. The minimum Gasteiger partial charge on any atom is -0.495 e. The number of carboxylic acid groups (broad SMARTS) is 1. The number of Topliss-reactive ketones (excluding diaryl/α,β-unsaturated/α-hetero) is 1. The average molecular weight is 483 g/mol. The number of ether oxygens (including phenoxy) is 1. The van der Waals surface area contributed by atoms with Gasteiger partial charge in [-0.15, -0.1) is 0 Å². The lowest BCUT2D eigenvalue weighted by Gasteiger charge is -2.20. The fraction of sp³-hybridized carbons (Fsp3) is 0.200. The predicted octanol–water partition coefficient (Wildman–Crippen LogP) is 4.46. The molecule has 0 fully saturated rings. The molecule has 0 bridgehead atoms. The summed E-state index contributed by atoms with van der Waals surface area (Å²) in [5.41, 5.74) is 1.02. The van der Waals surface area contributed by atoms with Gasteiger partial charge in [0.2, 0.25) is 0 Å². The van der Waals surface area contributed by atoms with E-state index < -0.39 is 30.0 Å². The van der Waals surface area contributed by atoms with E-state index in [9.17, 15) is 24.0 Å². The second-order valence-corrected chi connectivity index (χ2v) is 7.88. The van der Waals surface area contributed by atoms with Crippen LogP contribution in [0.1, 0.15) is 33.9 Å². The van der Waals surface area contributed by atoms with Crippen LogP contribution in [0.5, 0.6) is 5.75 Å². The second kappa shape index (κ2) is 10.8. The highest BCUT2D eigenvalue weighted by molar-refractivity contribution is 6.31. The molecule has 9 heteroatoms. The number of halogens is 2. The number of alkyl halides is 1. The molecule has 0 saturated carbocycles. The van der Waals surface area contributed by atoms with Crippen molar-refractivity contribution in [2.24, 2.45) is 0 Å². The zero-order valence-corrected chi connectivity index (χ0v) is 18.9. The Kier molecular flexibility index (Phi) is 7.82. The Morgan fingerprint density at radius 3 is 2.47 bits per heavy atom. The molecule has 0 amide bonds. The molecule has 174 valence electrons. The lowest BCUT2D eigenvalue weighted by atomic mass is 9.98. The Hall–Kier alpha value is -3.96. The molecule has 0 spiro atoms. The van der Waals surface area contributed by atoms with Crippen LogP contribution in [-0.4, -0.2) is 35.2 Å². The van der Waals surface area contributed by atoms with Crippen molar-refractivity contribution in [3.8, 4) is 22.9 Å². The zero-order chi connectivity index (χ0) is 24.8. The van der Waals surface area contributed by atoms with E-state index in [2.05, 4.69) is 0 Å². The van der Waals surface area contributed by atoms with Crippen molar-refractivity contribution in [3.05, 3.63) is 86.8 Å². The molecule has 1 atom stereocenters. The van der Waals surface area contributed by atoms with E-state index in [1.54, 1.807) is 6.07 Å². The molecule has 3 rings (SSSR count). The summed E-state index contributed by atoms with van der Waals surface area (Å²) in [5.74, 6) is -1.30. The molecule has 0 saturated heterocycles. The SMILES string of the molecule is COc1cn(C(CCF)C(=O)Cc2ccc(C(=O)O)cc2)c(=O)cc1-c1cc(Cl)ccc1C#N. The number of hydrogen-bond donors (Lipinski definition) is 1. The van der Waals surface area contributed by atoms with Crippen LogP contribution in [0.25, 0.3) is 11.1 Å². The molecule has 2 aromatic carbocycles. The fourth-order valence-electron chi connectivity index (χ4n) is 3.62. The zero-order valence-electron chi connectivity index (χ0n) is 18.1. The van der Waals surface area contributed by atoms with Gasteiger partial charge in [0, 0.05) is 35.1 Å². The molecular weight excluding hydrogens is 463 g/mol. The quantitative estimate of drug-likeness (QED) is 0.482. The number of aromatic nitrogens is 1. The van der Waals surface area contributed by atoms with Crippen LogP contribution in [0.3, 0.4) is 0 Å². The van der Waals surface area contributed by atoms with Gasteiger partial charge in [-0.05, 0) is 35.9 Å². The number of rotatable bonds is 9. The first-order valence-electron chi connectivity index (χ1n) is 10.2. The summed E-state index contributed by atoms with van der Waals surface area (Å²) in [7, 11) is 1.38. The maximum absolute atomic E-state index is 13.4. The van der Waals surface area contributed by atoms with Gasteiger partial charge in [0.25, 0.3) is 5.56 Å². The van der Waals surface area contributed by atoms with Gasteiger partial charge in [0.15, 0.2) is 5.78 Å². The maximum atomic E-state index is 13.4. The fourth-order valence-corrected chi connectivity index (χ4v) is 3.80. The smallest absolute Gasteiger partial charge is 0.335 e. The molecule has 3 aromatic rings. The molecule has 34 heavy (non-hydrogen) atoms. The van der Waals surface area contributed by atoms with E-state index in [0.29, 0.717) is 21.7 Å². The number of carboxylic acids is 1. The minimum absolute atomic E-state index is 0.0748. The summed E-state index contributed by atoms with van der Waals surface area (Å²) in [5, 5.41) is 18.8. The first kappa shape index (κ1) is 24.7. The second-order valence-electron chi connectivity index (χ2n) is 7.44. The predicted molar refractivity (Wildman–Crippen MR) is 124 cm³/mol. The van der Waals surface area contributed by atoms with Crippen molar-refractivity contribution in [2.45, 2.75) is 18.9 Å². The Morgan fingerprint density at radius 1 is 1.18 bits per heavy atom. The Labute approximate surface area is 199 Å². The summed E-state index contributed by atoms with van der Waals surface area (Å²) in [6.45, 7) is -0.836. The summed E-state index contributed by atoms with van der Waals surface area (Å²) in [4.78, 5) is 37.1. The lowest BCUT2D eigenvalue weighted by molar-refractivity contribution is -0.122. The molecule has 0 aliphatic heterocycles. The van der Waals surface area contributed by atoms with E-state index in [1.165, 1.54) is 55.8 Å². The van der Waals surface area contributed by atoms with Gasteiger partial charge in [0.1, 0.15) is 5.75 Å². The third-order valence-corrected chi connectivity index (χ3v) is 5.56. The van der Waals surface area contributed by atoms with Gasteiger partial charge in [-0.25, -0.2) is 4.79 Å². The third kappa shape index (κ3) is 5.33. The van der Waals surface area contributed by atoms with Crippen molar-refractivity contribution in [1.29, 1.82) is 5.26 Å². The monoisotopic (exact) mass is 482 g/mol. The first-order chi connectivity index (χ1) is 16.3. The van der Waals surface area contributed by atoms with E-state index in [1.807, 2.05) is 6.07 Å². The summed E-state index contributed by atoms with van der Waals surface area (Å²) < 4.78 is 19.9. The van der Waals surface area contributed by atoms with Crippen molar-refractivity contribution in [1.82, 2.24) is 4.57 Å². The van der Waals surface area contributed by atoms with Gasteiger partial charge in [-0.2, -0.15) is 5.26 Å². The third-order valence-electron chi connectivity index (χ3n) is 5.33. The number of ketones is 1. The van der Waals surface area contributed by atoms with Gasteiger partial charge >= 0.3 is 5.97 Å². The Balaban J connectivity index is 2.01. The number of nitriles is 1. The van der Waals surface area contributed by atoms with Crippen LogP contribution in [0.15, 0.2) is 59.5 Å². The molecule has 1 N–H and O–H groups in total. The number of carbonyl (C=O) groups is 2. The molecular formula is C25H20ClFN2O5. The van der Waals surface area contributed by atoms with E-state index in [4.69, 9.17) is 21.4 Å². The van der Waals surface area contributed by atoms with Gasteiger partial charge in [0.05, 0.1) is 43.2 Å². The Morgan fingerprint density at radius 2 is 1.88 bits per heavy atom. The van der Waals surface area contributed by atoms with Crippen LogP contribution in [-0.2, 0) is 11.2 Å². The van der Waals surface area contributed by atoms with Crippen molar-refractivity contribution in [2.75, 3.05) is 13.8 Å². The molecule has 1 aromatic heterocycles. The largest absolute Gasteiger partial charge is 0.495 e. The number of nitrogens with zero attached hydrogens (tertiary/aromatic N) is 2. The highest BCUT2D eigenvalue weighted by Crippen LogP contribution is 2.33. The molecule has 0 aliphatic rings. The number of methoxy groups -OCH3 is 1. The van der Waals surface area contributed by atoms with Gasteiger partial charge in [-0.3, -0.25) is 14.0 Å². The first-order valence-corrected chi connectivity index (χ1v) is 10.6. The summed E-state index contributed by atoms with van der Waals surface area (Å²) in [6, 6.07) is 12.5. The molecule has 1 unspecified atom stereocenters. The van der Waals surface area contributed by atoms with Crippen LogP contribution < -0.4 is 10.3 Å². The van der Waals surface area contributed by atoms with Crippen LogP contribution in [0.2, 0.25) is 5.02 Å². The lowest BCUT2D eigenvalue weighted by Crippen LogP contribution is -2.31. The van der Waals surface area contributed by atoms with Gasteiger partial charge in [-0.1, -0.05) is 23.7 Å². The van der Waals surface area contributed by atoms with Crippen molar-refractivity contribution < 1.29 is 23.8 Å². The maximum Gasteiger partial charge on any atom is 0.335 e. The number of benzene rings is 2. The molecule has 0 aliphatic carbocycles. The number of carbonyl (C=O) groups excluding carboxylic acids is 1. The summed E-state index contributed by atoms with van der Waals surface area (Å²) >= 11 is 6.08. The van der Waals surface area contributed by atoms with Crippen LogP contribution >= 0.6 is 11.6 Å². The number of hydrogen-bond acceptors (Lipinski definition) is 5. The average Bonchev–Trinajstić information content (AvgIpc) is 2.82. The molecule has 0 radical (unpaired) electrons.